The van der Waals surface area contributed by atoms with E-state index in [9.17, 15) is 14.4 Å². The molecule has 0 saturated heterocycles. The molecule has 0 radical (unpaired) electrons. The summed E-state index contributed by atoms with van der Waals surface area (Å²) in [5.41, 5.74) is 5.31. The number of carbonyl (C=O) groups is 3. The highest BCUT2D eigenvalue weighted by Crippen LogP contribution is 2.22. The predicted molar refractivity (Wildman–Crippen MR) is 184 cm³/mol. The number of fused-ring (bicyclic) bond motifs is 1. The molecule has 0 aliphatic heterocycles. The van der Waals surface area contributed by atoms with Gasteiger partial charge < -0.3 is 19.4 Å². The second-order valence-electron chi connectivity index (χ2n) is 11.1. The van der Waals surface area contributed by atoms with Crippen LogP contribution in [0.15, 0.2) is 85.1 Å². The van der Waals surface area contributed by atoms with Crippen LogP contribution in [-0.4, -0.2) is 51.5 Å². The minimum atomic E-state index is -0.738. The number of benzene rings is 3. The number of nitrogens with zero attached hydrogens (tertiary/aromatic N) is 4. The van der Waals surface area contributed by atoms with Gasteiger partial charge in [0.25, 0.3) is 5.91 Å². The number of pyridine rings is 1. The van der Waals surface area contributed by atoms with Gasteiger partial charge in [-0.3, -0.25) is 25.2 Å². The van der Waals surface area contributed by atoms with E-state index in [2.05, 4.69) is 15.6 Å². The Balaban J connectivity index is 1.22. The van der Waals surface area contributed by atoms with E-state index in [0.29, 0.717) is 34.8 Å². The summed E-state index contributed by atoms with van der Waals surface area (Å²) in [6.07, 6.45) is 0.898. The minimum absolute atomic E-state index is 0.0384. The molecule has 0 aliphatic carbocycles. The van der Waals surface area contributed by atoms with Gasteiger partial charge in [0.15, 0.2) is 0 Å². The first-order valence-electron chi connectivity index (χ1n) is 15.5. The summed E-state index contributed by atoms with van der Waals surface area (Å²) in [4.78, 5) is 48.6. The zero-order valence-corrected chi connectivity index (χ0v) is 27.2. The highest BCUT2D eigenvalue weighted by atomic mass is 16.6. The monoisotopic (exact) mass is 647 g/mol. The smallest absolute Gasteiger partial charge is 0.418 e. The van der Waals surface area contributed by atoms with Crippen LogP contribution in [0, 0.1) is 19.3 Å². The zero-order valence-electron chi connectivity index (χ0n) is 27.2. The predicted octanol–water partition coefficient (Wildman–Crippen LogP) is 5.91. The fourth-order valence-electron chi connectivity index (χ4n) is 4.99. The van der Waals surface area contributed by atoms with Gasteiger partial charge in [-0.05, 0) is 98.6 Å². The summed E-state index contributed by atoms with van der Waals surface area (Å²) in [6.45, 7) is 6.43. The molecule has 2 amide bonds. The third-order valence-electron chi connectivity index (χ3n) is 7.78. The van der Waals surface area contributed by atoms with E-state index in [1.54, 1.807) is 67.7 Å². The second kappa shape index (κ2) is 15.0. The third-order valence-corrected chi connectivity index (χ3v) is 7.78. The third kappa shape index (κ3) is 8.02. The van der Waals surface area contributed by atoms with Crippen LogP contribution in [0.5, 0.6) is 5.75 Å². The number of esters is 1. The number of hydrogen-bond donors (Lipinski definition) is 3. The molecule has 12 nitrogen and oxygen atoms in total. The Bertz CT molecular complexity index is 1960. The van der Waals surface area contributed by atoms with Gasteiger partial charge in [0.2, 0.25) is 0 Å². The van der Waals surface area contributed by atoms with Gasteiger partial charge >= 0.3 is 12.1 Å². The first-order chi connectivity index (χ1) is 23.1. The summed E-state index contributed by atoms with van der Waals surface area (Å²) < 4.78 is 12.3. The number of nitrogens with one attached hydrogen (secondary N) is 3. The molecule has 0 saturated carbocycles. The lowest BCUT2D eigenvalue weighted by Crippen LogP contribution is -2.34. The van der Waals surface area contributed by atoms with Gasteiger partial charge in [0, 0.05) is 36.6 Å². The number of amidine groups is 1. The van der Waals surface area contributed by atoms with Crippen LogP contribution in [0.25, 0.3) is 11.0 Å². The zero-order chi connectivity index (χ0) is 34.2. The van der Waals surface area contributed by atoms with Gasteiger partial charge in [0.1, 0.15) is 23.2 Å². The minimum Gasteiger partial charge on any atom is -0.466 e. The van der Waals surface area contributed by atoms with Crippen LogP contribution < -0.4 is 20.3 Å². The lowest BCUT2D eigenvalue weighted by molar-refractivity contribution is -0.142. The van der Waals surface area contributed by atoms with Crippen LogP contribution >= 0.6 is 0 Å². The summed E-state index contributed by atoms with van der Waals surface area (Å²) in [6, 6.07) is 23.0. The van der Waals surface area contributed by atoms with Crippen molar-refractivity contribution in [3.8, 4) is 5.75 Å². The van der Waals surface area contributed by atoms with Crippen LogP contribution in [0.1, 0.15) is 46.2 Å². The van der Waals surface area contributed by atoms with E-state index in [1.807, 2.05) is 49.7 Å². The number of carbonyl (C=O) groups excluding carboxylic acids is 3. The molecule has 0 spiro atoms. The van der Waals surface area contributed by atoms with E-state index in [1.165, 1.54) is 4.90 Å². The van der Waals surface area contributed by atoms with E-state index < -0.39 is 6.09 Å². The first-order valence-corrected chi connectivity index (χ1v) is 15.5. The van der Waals surface area contributed by atoms with E-state index in [0.717, 1.165) is 28.2 Å². The molecule has 0 aliphatic rings. The summed E-state index contributed by atoms with van der Waals surface area (Å²) >= 11 is 0. The molecule has 2 heterocycles. The molecule has 0 atom stereocenters. The molecule has 0 bridgehead atoms. The molecule has 12 heteroatoms. The lowest BCUT2D eigenvalue weighted by atomic mass is 10.1. The van der Waals surface area contributed by atoms with Crippen LogP contribution in [-0.2, 0) is 23.1 Å². The van der Waals surface area contributed by atoms with E-state index >= 15 is 0 Å². The Hall–Kier alpha value is -6.04. The van der Waals surface area contributed by atoms with Crippen molar-refractivity contribution in [1.82, 2.24) is 19.9 Å². The molecule has 3 aromatic carbocycles. The Morgan fingerprint density at radius 1 is 0.938 bits per heavy atom. The van der Waals surface area contributed by atoms with Gasteiger partial charge in [0.05, 0.1) is 30.6 Å². The Morgan fingerprint density at radius 2 is 1.71 bits per heavy atom. The van der Waals surface area contributed by atoms with Crippen molar-refractivity contribution in [3.05, 3.63) is 113 Å². The molecule has 246 valence electrons. The second-order valence-corrected chi connectivity index (χ2v) is 11.1. The number of hydrogen-bond acceptors (Lipinski definition) is 9. The van der Waals surface area contributed by atoms with Crippen LogP contribution in [0.2, 0.25) is 0 Å². The largest absolute Gasteiger partial charge is 0.466 e. The number of amides is 2. The molecular weight excluding hydrogens is 610 g/mol. The standard InChI is InChI=1S/C36H37N7O5/c1-5-47-33(44)17-19-43(31-8-6-7-18-38-31)35(45)26-12-16-30-29(21-26)40-32(42(30)4)22-39-27-13-10-25(11-14-27)34(37)41-36(46)48-28-15-9-23(2)24(3)20-28/h6-16,18,20-21,39H,5,17,19,22H2,1-4H3,(H2,37,41,46). The van der Waals surface area contributed by atoms with E-state index in [4.69, 9.17) is 19.9 Å². The number of aromatic nitrogens is 3. The fourth-order valence-corrected chi connectivity index (χ4v) is 4.99. The quantitative estimate of drug-likeness (QED) is 0.0909. The SMILES string of the molecule is CCOC(=O)CCN(C(=O)c1ccc2c(c1)nc(CNc1ccc(C(=N)NC(=O)Oc3ccc(C)c(C)c3)cc1)n2C)c1ccccn1. The number of rotatable bonds is 11. The van der Waals surface area contributed by atoms with Crippen molar-refractivity contribution in [2.24, 2.45) is 7.05 Å². The lowest BCUT2D eigenvalue weighted by Gasteiger charge is -2.21. The maximum atomic E-state index is 13.6. The van der Waals surface area contributed by atoms with Crippen molar-refractivity contribution in [2.45, 2.75) is 33.7 Å². The Kier molecular flexibility index (Phi) is 10.4. The molecule has 3 N–H and O–H groups in total. The molecule has 48 heavy (non-hydrogen) atoms. The molecule has 0 unspecified atom stereocenters. The number of imidazole rings is 1. The van der Waals surface area contributed by atoms with Crippen molar-refractivity contribution in [3.63, 3.8) is 0 Å². The van der Waals surface area contributed by atoms with Crippen LogP contribution in [0.4, 0.5) is 16.3 Å². The summed E-state index contributed by atoms with van der Waals surface area (Å²) in [5.74, 6) is 0.813. The van der Waals surface area contributed by atoms with Crippen molar-refractivity contribution in [2.75, 3.05) is 23.4 Å². The van der Waals surface area contributed by atoms with Crippen LogP contribution in [0.3, 0.4) is 0 Å². The average Bonchev–Trinajstić information content (AvgIpc) is 3.40. The van der Waals surface area contributed by atoms with Gasteiger partial charge in [-0.2, -0.15) is 0 Å². The molecule has 5 aromatic rings. The van der Waals surface area contributed by atoms with E-state index in [-0.39, 0.29) is 37.3 Å². The topological polar surface area (TPSA) is 152 Å². The maximum Gasteiger partial charge on any atom is 0.418 e. The Labute approximate surface area is 278 Å². The highest BCUT2D eigenvalue weighted by Gasteiger charge is 2.21. The van der Waals surface area contributed by atoms with Crippen molar-refractivity contribution >= 4 is 46.3 Å². The summed E-state index contributed by atoms with van der Waals surface area (Å²) in [5, 5.41) is 14.1. The van der Waals surface area contributed by atoms with Gasteiger partial charge in [-0.25, -0.2) is 14.8 Å². The summed E-state index contributed by atoms with van der Waals surface area (Å²) in [7, 11) is 1.90. The Morgan fingerprint density at radius 3 is 2.42 bits per heavy atom. The first kappa shape index (κ1) is 33.3. The van der Waals surface area contributed by atoms with Gasteiger partial charge in [-0.15, -0.1) is 0 Å². The maximum absolute atomic E-state index is 13.6. The number of aryl methyl sites for hydroxylation is 3. The van der Waals surface area contributed by atoms with Gasteiger partial charge in [-0.1, -0.05) is 12.1 Å². The molecular formula is C36H37N7O5. The molecule has 5 rings (SSSR count). The van der Waals surface area contributed by atoms with Crippen molar-refractivity contribution < 1.29 is 23.9 Å². The number of anilines is 2. The highest BCUT2D eigenvalue weighted by molar-refractivity contribution is 6.07. The fraction of sp³-hybridized carbons (Fsp3) is 0.222. The van der Waals surface area contributed by atoms with Crippen molar-refractivity contribution in [1.29, 1.82) is 5.41 Å². The normalized spacial score (nSPS) is 10.8. The average molecular weight is 648 g/mol. The molecule has 0 fully saturated rings. The molecule has 2 aromatic heterocycles. The number of ether oxygens (including phenoxy) is 2.